The van der Waals surface area contributed by atoms with Gasteiger partial charge in [-0.15, -0.1) is 0 Å². The van der Waals surface area contributed by atoms with Gasteiger partial charge in [-0.25, -0.2) is 9.97 Å². The van der Waals surface area contributed by atoms with Crippen molar-refractivity contribution in [1.82, 2.24) is 14.5 Å². The molecule has 0 spiro atoms. The van der Waals surface area contributed by atoms with Crippen LogP contribution in [-0.4, -0.2) is 19.5 Å². The number of nitrogens with two attached hydrogens (primary N) is 1. The molecule has 0 bridgehead atoms. The van der Waals surface area contributed by atoms with Gasteiger partial charge in [0.1, 0.15) is 5.82 Å². The first-order valence-corrected chi connectivity index (χ1v) is 5.06. The molecule has 0 aliphatic rings. The predicted octanol–water partition coefficient (Wildman–Crippen LogP) is 1.46. The molecule has 2 aromatic heterocycles. The molecule has 0 aliphatic carbocycles. The zero-order valence-corrected chi connectivity index (χ0v) is 9.20. The quantitative estimate of drug-likeness (QED) is 0.638. The topological polar surface area (TPSA) is 99.9 Å². The molecular formula is C10H11N5O2. The molecule has 7 heteroatoms. The summed E-state index contributed by atoms with van der Waals surface area (Å²) in [4.78, 5) is 18.5. The Labute approximate surface area is 97.1 Å². The van der Waals surface area contributed by atoms with Crippen molar-refractivity contribution in [1.29, 1.82) is 0 Å². The summed E-state index contributed by atoms with van der Waals surface area (Å²) < 4.78 is 1.77. The van der Waals surface area contributed by atoms with E-state index >= 15 is 0 Å². The van der Waals surface area contributed by atoms with Crippen LogP contribution in [-0.2, 0) is 6.54 Å². The first-order valence-electron chi connectivity index (χ1n) is 5.06. The maximum atomic E-state index is 10.9. The summed E-state index contributed by atoms with van der Waals surface area (Å²) in [5.74, 6) is 0.683. The molecule has 7 nitrogen and oxygen atoms in total. The van der Waals surface area contributed by atoms with E-state index in [9.17, 15) is 10.1 Å². The highest BCUT2D eigenvalue weighted by Crippen LogP contribution is 2.27. The van der Waals surface area contributed by atoms with Crippen molar-refractivity contribution >= 4 is 11.5 Å². The van der Waals surface area contributed by atoms with Crippen LogP contribution in [0.3, 0.4) is 0 Å². The first kappa shape index (κ1) is 11.1. The Morgan fingerprint density at radius 2 is 2.29 bits per heavy atom. The largest absolute Gasteiger partial charge is 0.384 e. The molecule has 0 aliphatic heterocycles. The number of hydrogen-bond donors (Lipinski definition) is 1. The van der Waals surface area contributed by atoms with Gasteiger partial charge < -0.3 is 10.3 Å². The number of imidazole rings is 1. The average Bonchev–Trinajstić information content (AvgIpc) is 2.76. The normalized spacial score (nSPS) is 10.4. The summed E-state index contributed by atoms with van der Waals surface area (Å²) in [5.41, 5.74) is 5.65. The molecule has 17 heavy (non-hydrogen) atoms. The van der Waals surface area contributed by atoms with E-state index in [1.54, 1.807) is 17.0 Å². The number of nitro groups is 1. The van der Waals surface area contributed by atoms with Crippen molar-refractivity contribution in [2.24, 2.45) is 0 Å². The standard InChI is InChI=1S/C10H11N5O2/c1-2-14-6-5-12-10(14)9-7(15(16)17)3-4-8(11)13-9/h3-6H,2H2,1H3,(H2,11,13). The zero-order valence-electron chi connectivity index (χ0n) is 9.20. The molecule has 0 saturated heterocycles. The van der Waals surface area contributed by atoms with E-state index < -0.39 is 4.92 Å². The fraction of sp³-hybridized carbons (Fsp3) is 0.200. The molecule has 2 N–H and O–H groups in total. The Morgan fingerprint density at radius 3 is 2.94 bits per heavy atom. The lowest BCUT2D eigenvalue weighted by molar-refractivity contribution is -0.384. The molecule has 88 valence electrons. The van der Waals surface area contributed by atoms with Crippen molar-refractivity contribution in [2.45, 2.75) is 13.5 Å². The minimum absolute atomic E-state index is 0.0971. The fourth-order valence-corrected chi connectivity index (χ4v) is 1.56. The second-order valence-electron chi connectivity index (χ2n) is 3.40. The van der Waals surface area contributed by atoms with Gasteiger partial charge in [-0.2, -0.15) is 0 Å². The van der Waals surface area contributed by atoms with E-state index in [2.05, 4.69) is 9.97 Å². The minimum atomic E-state index is -0.490. The summed E-state index contributed by atoms with van der Waals surface area (Å²) in [6.45, 7) is 2.58. The Morgan fingerprint density at radius 1 is 1.53 bits per heavy atom. The maximum Gasteiger partial charge on any atom is 0.298 e. The Hall–Kier alpha value is -2.44. The number of hydrogen-bond acceptors (Lipinski definition) is 5. The monoisotopic (exact) mass is 233 g/mol. The molecule has 2 heterocycles. The van der Waals surface area contributed by atoms with Crippen molar-refractivity contribution in [3.63, 3.8) is 0 Å². The molecule has 0 amide bonds. The van der Waals surface area contributed by atoms with Crippen LogP contribution in [0.4, 0.5) is 11.5 Å². The average molecular weight is 233 g/mol. The van der Waals surface area contributed by atoms with Crippen molar-refractivity contribution in [2.75, 3.05) is 5.73 Å². The SMILES string of the molecule is CCn1ccnc1-c1nc(N)ccc1[N+](=O)[O-]. The van der Waals surface area contributed by atoms with Gasteiger partial charge in [0, 0.05) is 25.0 Å². The third-order valence-electron chi connectivity index (χ3n) is 2.36. The fourth-order valence-electron chi connectivity index (χ4n) is 1.56. The van der Waals surface area contributed by atoms with Gasteiger partial charge in [0.25, 0.3) is 5.69 Å². The van der Waals surface area contributed by atoms with Crippen molar-refractivity contribution in [3.05, 3.63) is 34.6 Å². The van der Waals surface area contributed by atoms with Gasteiger partial charge in [-0.1, -0.05) is 0 Å². The lowest BCUT2D eigenvalue weighted by Gasteiger charge is -2.05. The van der Waals surface area contributed by atoms with E-state index in [0.29, 0.717) is 12.4 Å². The van der Waals surface area contributed by atoms with Gasteiger partial charge in [0.2, 0.25) is 0 Å². The van der Waals surface area contributed by atoms with Crippen molar-refractivity contribution in [3.8, 4) is 11.5 Å². The molecular weight excluding hydrogens is 222 g/mol. The minimum Gasteiger partial charge on any atom is -0.384 e. The van der Waals surface area contributed by atoms with Gasteiger partial charge in [-0.05, 0) is 13.0 Å². The highest BCUT2D eigenvalue weighted by molar-refractivity contribution is 5.65. The number of pyridine rings is 1. The van der Waals surface area contributed by atoms with E-state index in [-0.39, 0.29) is 17.2 Å². The van der Waals surface area contributed by atoms with E-state index in [1.807, 2.05) is 6.92 Å². The van der Waals surface area contributed by atoms with Crippen LogP contribution in [0, 0.1) is 10.1 Å². The third-order valence-corrected chi connectivity index (χ3v) is 2.36. The number of anilines is 1. The molecule has 0 radical (unpaired) electrons. The van der Waals surface area contributed by atoms with Gasteiger partial charge >= 0.3 is 0 Å². The number of aryl methyl sites for hydroxylation is 1. The molecule has 2 aromatic rings. The van der Waals surface area contributed by atoms with Gasteiger partial charge in [-0.3, -0.25) is 10.1 Å². The Kier molecular flexibility index (Phi) is 2.73. The third kappa shape index (κ3) is 1.94. The predicted molar refractivity (Wildman–Crippen MR) is 62.2 cm³/mol. The van der Waals surface area contributed by atoms with E-state index in [0.717, 1.165) is 0 Å². The number of aromatic nitrogens is 3. The second-order valence-corrected chi connectivity index (χ2v) is 3.40. The van der Waals surface area contributed by atoms with Gasteiger partial charge in [0.15, 0.2) is 11.5 Å². The molecule has 2 rings (SSSR count). The summed E-state index contributed by atoms with van der Waals surface area (Å²) in [6.07, 6.45) is 3.32. The number of nitrogen functional groups attached to an aromatic ring is 1. The summed E-state index contributed by atoms with van der Waals surface area (Å²) in [5, 5.41) is 10.9. The lowest BCUT2D eigenvalue weighted by atomic mass is 10.2. The molecule has 0 fully saturated rings. The smallest absolute Gasteiger partial charge is 0.298 e. The lowest BCUT2D eigenvalue weighted by Crippen LogP contribution is -2.03. The summed E-state index contributed by atoms with van der Waals surface area (Å²) in [6, 6.07) is 2.74. The van der Waals surface area contributed by atoms with Crippen LogP contribution in [0.1, 0.15) is 6.92 Å². The molecule has 0 atom stereocenters. The van der Waals surface area contributed by atoms with Crippen LogP contribution >= 0.6 is 0 Å². The van der Waals surface area contributed by atoms with E-state index in [1.165, 1.54) is 12.1 Å². The Bertz CT molecular complexity index is 564. The zero-order chi connectivity index (χ0) is 12.4. The van der Waals surface area contributed by atoms with Crippen LogP contribution in [0.15, 0.2) is 24.5 Å². The van der Waals surface area contributed by atoms with E-state index in [4.69, 9.17) is 5.73 Å². The highest BCUT2D eigenvalue weighted by Gasteiger charge is 2.20. The Balaban J connectivity index is 2.65. The number of nitrogens with zero attached hydrogens (tertiary/aromatic N) is 4. The summed E-state index contributed by atoms with van der Waals surface area (Å²) in [7, 11) is 0. The first-order chi connectivity index (χ1) is 8.13. The maximum absolute atomic E-state index is 10.9. The molecule has 0 aromatic carbocycles. The van der Waals surface area contributed by atoms with Crippen LogP contribution in [0.25, 0.3) is 11.5 Å². The van der Waals surface area contributed by atoms with Crippen molar-refractivity contribution < 1.29 is 4.92 Å². The molecule has 0 saturated carbocycles. The number of rotatable bonds is 3. The summed E-state index contributed by atoms with van der Waals surface area (Å²) >= 11 is 0. The van der Waals surface area contributed by atoms with Crippen LogP contribution < -0.4 is 5.73 Å². The highest BCUT2D eigenvalue weighted by atomic mass is 16.6. The van der Waals surface area contributed by atoms with Gasteiger partial charge in [0.05, 0.1) is 4.92 Å². The second kappa shape index (κ2) is 4.20. The van der Waals surface area contributed by atoms with Crippen LogP contribution in [0.5, 0.6) is 0 Å². The van der Waals surface area contributed by atoms with Crippen LogP contribution in [0.2, 0.25) is 0 Å². The molecule has 0 unspecified atom stereocenters.